The van der Waals surface area contributed by atoms with E-state index in [1.807, 2.05) is 50.0 Å². The maximum atomic E-state index is 12.8. The number of aryl methyl sites for hydroxylation is 1. The first-order valence-electron chi connectivity index (χ1n) is 8.56. The van der Waals surface area contributed by atoms with Gasteiger partial charge < -0.3 is 4.90 Å². The van der Waals surface area contributed by atoms with Gasteiger partial charge in [-0.2, -0.15) is 4.57 Å². The van der Waals surface area contributed by atoms with E-state index in [9.17, 15) is 4.79 Å². The fourth-order valence-corrected chi connectivity index (χ4v) is 3.63. The van der Waals surface area contributed by atoms with Crippen LogP contribution >= 0.6 is 0 Å². The Hall–Kier alpha value is -2.88. The highest BCUT2D eigenvalue weighted by Crippen LogP contribution is 2.26. The number of nitrogens with zero attached hydrogens (tertiary/aromatic N) is 3. The fraction of sp³-hybridized carbons (Fsp3) is 0.238. The summed E-state index contributed by atoms with van der Waals surface area (Å²) in [5, 5.41) is 0.783. The van der Waals surface area contributed by atoms with E-state index < -0.39 is 0 Å². The molecule has 4 rings (SSSR count). The molecular formula is C21H22N3O+. The molecule has 0 saturated carbocycles. The van der Waals surface area contributed by atoms with E-state index in [0.717, 1.165) is 35.3 Å². The van der Waals surface area contributed by atoms with Crippen molar-refractivity contribution < 1.29 is 4.57 Å². The molecule has 0 aliphatic carbocycles. The van der Waals surface area contributed by atoms with Gasteiger partial charge in [-0.3, -0.25) is 0 Å². The number of rotatable bonds is 2. The number of benzene rings is 2. The highest BCUT2D eigenvalue weighted by atomic mass is 16.1. The van der Waals surface area contributed by atoms with Crippen LogP contribution < -0.4 is 15.0 Å². The summed E-state index contributed by atoms with van der Waals surface area (Å²) in [6.45, 7) is 0.744. The molecule has 25 heavy (non-hydrogen) atoms. The van der Waals surface area contributed by atoms with Crippen LogP contribution in [0.15, 0.2) is 53.3 Å². The highest BCUT2D eigenvalue weighted by Gasteiger charge is 2.30. The Bertz CT molecular complexity index is 1040. The van der Waals surface area contributed by atoms with E-state index in [1.54, 1.807) is 0 Å². The van der Waals surface area contributed by atoms with Crippen molar-refractivity contribution in [1.29, 1.82) is 0 Å². The molecule has 4 heteroatoms. The Morgan fingerprint density at radius 1 is 1.08 bits per heavy atom. The fourth-order valence-electron chi connectivity index (χ4n) is 3.63. The monoisotopic (exact) mass is 332 g/mol. The molecular weight excluding hydrogens is 310 g/mol. The Kier molecular flexibility index (Phi) is 3.68. The smallest absolute Gasteiger partial charge is 0.345 e. The molecule has 0 radical (unpaired) electrons. The average Bonchev–Trinajstić information content (AvgIpc) is 3.04. The van der Waals surface area contributed by atoms with Crippen LogP contribution in [0.5, 0.6) is 0 Å². The lowest BCUT2D eigenvalue weighted by molar-refractivity contribution is -0.651. The predicted molar refractivity (Wildman–Crippen MR) is 103 cm³/mol. The van der Waals surface area contributed by atoms with Gasteiger partial charge in [0.25, 0.3) is 5.82 Å². The quantitative estimate of drug-likeness (QED) is 0.675. The van der Waals surface area contributed by atoms with Crippen molar-refractivity contribution in [2.24, 2.45) is 7.05 Å². The van der Waals surface area contributed by atoms with Crippen LogP contribution in [0.3, 0.4) is 0 Å². The molecule has 4 nitrogen and oxygen atoms in total. The highest BCUT2D eigenvalue weighted by molar-refractivity contribution is 5.82. The number of para-hydroxylation sites is 1. The summed E-state index contributed by atoms with van der Waals surface area (Å²) < 4.78 is 4.05. The summed E-state index contributed by atoms with van der Waals surface area (Å²) in [7, 11) is 6.12. The first-order valence-corrected chi connectivity index (χ1v) is 8.56. The molecule has 0 amide bonds. The average molecular weight is 332 g/mol. The molecule has 0 saturated heterocycles. The van der Waals surface area contributed by atoms with E-state index in [1.165, 1.54) is 11.3 Å². The third-order valence-corrected chi connectivity index (χ3v) is 4.96. The van der Waals surface area contributed by atoms with Gasteiger partial charge in [-0.25, -0.2) is 9.36 Å². The number of hydrogen-bond acceptors (Lipinski definition) is 2. The second-order valence-corrected chi connectivity index (χ2v) is 6.76. The topological polar surface area (TPSA) is 29.1 Å². The van der Waals surface area contributed by atoms with Crippen LogP contribution in [-0.2, 0) is 13.6 Å². The Labute approximate surface area is 147 Å². The van der Waals surface area contributed by atoms with Gasteiger partial charge >= 0.3 is 5.56 Å². The maximum absolute atomic E-state index is 12.8. The van der Waals surface area contributed by atoms with Gasteiger partial charge in [-0.05, 0) is 35.9 Å². The minimum absolute atomic E-state index is 0.107. The number of fused-ring (bicyclic) bond motifs is 2. The minimum Gasteiger partial charge on any atom is -0.378 e. The van der Waals surface area contributed by atoms with Crippen LogP contribution in [-0.4, -0.2) is 18.7 Å². The van der Waals surface area contributed by atoms with Crippen molar-refractivity contribution in [3.63, 3.8) is 0 Å². The van der Waals surface area contributed by atoms with E-state index >= 15 is 0 Å². The molecule has 1 aromatic heterocycles. The van der Waals surface area contributed by atoms with Crippen molar-refractivity contribution in [3.05, 3.63) is 70.3 Å². The van der Waals surface area contributed by atoms with E-state index in [0.29, 0.717) is 0 Å². The number of anilines is 1. The normalized spacial score (nSPS) is 14.9. The van der Waals surface area contributed by atoms with Crippen molar-refractivity contribution in [1.82, 2.24) is 4.57 Å². The van der Waals surface area contributed by atoms with Crippen LogP contribution in [0.1, 0.15) is 17.8 Å². The molecule has 0 bridgehead atoms. The summed E-state index contributed by atoms with van der Waals surface area (Å²) in [5.74, 6) is 1.01. The molecule has 2 aromatic carbocycles. The predicted octanol–water partition coefficient (Wildman–Crippen LogP) is 2.84. The third kappa shape index (κ3) is 2.54. The van der Waals surface area contributed by atoms with E-state index in [-0.39, 0.29) is 5.56 Å². The molecule has 3 aromatic rings. The first kappa shape index (κ1) is 15.6. The minimum atomic E-state index is 0.107. The van der Waals surface area contributed by atoms with Gasteiger partial charge in [0, 0.05) is 31.8 Å². The number of aromatic nitrogens is 2. The Morgan fingerprint density at radius 2 is 1.80 bits per heavy atom. The van der Waals surface area contributed by atoms with Crippen LogP contribution in [0.4, 0.5) is 5.69 Å². The standard InChI is InChI=1S/C21H22N3O/c1-22(2)17-10-8-15(9-11-17)14-16-12-13-24-20(16)23(3)19-7-5-4-6-18(19)21(24)25/h4-11,14H,12-13H2,1-3H3/q+1. The molecule has 2 heterocycles. The van der Waals surface area contributed by atoms with Gasteiger partial charge in [0.2, 0.25) is 0 Å². The van der Waals surface area contributed by atoms with Crippen molar-refractivity contribution in [3.8, 4) is 0 Å². The van der Waals surface area contributed by atoms with Crippen LogP contribution in [0.2, 0.25) is 0 Å². The zero-order chi connectivity index (χ0) is 17.6. The number of allylic oxidation sites excluding steroid dienone is 1. The van der Waals surface area contributed by atoms with E-state index in [4.69, 9.17) is 0 Å². The van der Waals surface area contributed by atoms with Crippen molar-refractivity contribution in [2.75, 3.05) is 19.0 Å². The Morgan fingerprint density at radius 3 is 2.52 bits per heavy atom. The van der Waals surface area contributed by atoms with Gasteiger partial charge in [-0.1, -0.05) is 24.3 Å². The van der Waals surface area contributed by atoms with Gasteiger partial charge in [0.05, 0.1) is 13.6 Å². The Balaban J connectivity index is 1.85. The lowest BCUT2D eigenvalue weighted by Gasteiger charge is -2.12. The summed E-state index contributed by atoms with van der Waals surface area (Å²) >= 11 is 0. The molecule has 126 valence electrons. The summed E-state index contributed by atoms with van der Waals surface area (Å²) in [6, 6.07) is 16.3. The molecule has 0 unspecified atom stereocenters. The van der Waals surface area contributed by atoms with Crippen molar-refractivity contribution >= 4 is 28.2 Å². The molecule has 0 atom stereocenters. The molecule has 0 fully saturated rings. The zero-order valence-corrected chi connectivity index (χ0v) is 14.9. The zero-order valence-electron chi connectivity index (χ0n) is 14.9. The number of hydrogen-bond donors (Lipinski definition) is 0. The first-order chi connectivity index (χ1) is 12.1. The lowest BCUT2D eigenvalue weighted by Crippen LogP contribution is -2.41. The van der Waals surface area contributed by atoms with Gasteiger partial charge in [0.15, 0.2) is 0 Å². The summed E-state index contributed by atoms with van der Waals surface area (Å²) in [6.07, 6.45) is 3.08. The SMILES string of the molecule is CN(C)c1ccc(/C=C2\CCn3c2[n+](C)c2ccccc2c3=O)cc1. The van der Waals surface area contributed by atoms with Gasteiger partial charge in [0.1, 0.15) is 10.9 Å². The maximum Gasteiger partial charge on any atom is 0.345 e. The van der Waals surface area contributed by atoms with Crippen LogP contribution in [0, 0.1) is 0 Å². The summed E-state index contributed by atoms with van der Waals surface area (Å²) in [5.41, 5.74) is 4.64. The summed E-state index contributed by atoms with van der Waals surface area (Å²) in [4.78, 5) is 14.9. The van der Waals surface area contributed by atoms with E-state index in [2.05, 4.69) is 39.8 Å². The molecule has 0 spiro atoms. The second-order valence-electron chi connectivity index (χ2n) is 6.76. The molecule has 1 aliphatic rings. The third-order valence-electron chi connectivity index (χ3n) is 4.96. The van der Waals surface area contributed by atoms with Crippen LogP contribution in [0.25, 0.3) is 22.6 Å². The largest absolute Gasteiger partial charge is 0.378 e. The van der Waals surface area contributed by atoms with Gasteiger partial charge in [-0.15, -0.1) is 0 Å². The lowest BCUT2D eigenvalue weighted by atomic mass is 10.1. The molecule has 1 aliphatic heterocycles. The van der Waals surface area contributed by atoms with Crippen molar-refractivity contribution in [2.45, 2.75) is 13.0 Å². The second kappa shape index (κ2) is 5.88. The molecule has 0 N–H and O–H groups in total.